The quantitative estimate of drug-likeness (QED) is 0.0426. The van der Waals surface area contributed by atoms with Crippen molar-refractivity contribution < 1.29 is 45.3 Å². The molecule has 1 aliphatic rings. The fourth-order valence-electron chi connectivity index (χ4n) is 5.93. The predicted molar refractivity (Wildman–Crippen MR) is 173 cm³/mol. The van der Waals surface area contributed by atoms with E-state index < -0.39 is 48.4 Å². The summed E-state index contributed by atoms with van der Waals surface area (Å²) in [5.41, 5.74) is 0.293. The van der Waals surface area contributed by atoms with Crippen molar-refractivity contribution in [3.63, 3.8) is 0 Å². The topological polar surface area (TPSA) is 168 Å². The van der Waals surface area contributed by atoms with Crippen molar-refractivity contribution in [1.29, 1.82) is 0 Å². The zero-order valence-electron chi connectivity index (χ0n) is 27.8. The summed E-state index contributed by atoms with van der Waals surface area (Å²) in [4.78, 5) is 11.7. The van der Waals surface area contributed by atoms with Gasteiger partial charge in [0.05, 0.1) is 36.6 Å². The summed E-state index contributed by atoms with van der Waals surface area (Å²) in [7, 11) is 0. The highest BCUT2D eigenvalue weighted by Gasteiger charge is 2.34. The third-order valence-electron chi connectivity index (χ3n) is 8.82. The number of rotatable bonds is 29. The number of cyclic esters (lactones) is 1. The lowest BCUT2D eigenvalue weighted by Gasteiger charge is -2.22. The number of esters is 1. The molecule has 260 valence electrons. The molecule has 1 heterocycles. The van der Waals surface area contributed by atoms with Crippen LogP contribution in [-0.4, -0.2) is 84.1 Å². The van der Waals surface area contributed by atoms with E-state index >= 15 is 0 Å². The first-order chi connectivity index (χ1) is 20.9. The molecule has 44 heavy (non-hydrogen) atoms. The first-order valence-corrected chi connectivity index (χ1v) is 17.7. The lowest BCUT2D eigenvalue weighted by Crippen LogP contribution is -2.31. The zero-order valence-corrected chi connectivity index (χ0v) is 27.8. The van der Waals surface area contributed by atoms with Gasteiger partial charge >= 0.3 is 5.97 Å². The first kappa shape index (κ1) is 41.0. The lowest BCUT2D eigenvalue weighted by atomic mass is 9.96. The standard InChI is InChI=1S/C35H66O9/c1-3-4-5-6-7-8-9-10-11-15-21-30(38)32(40)23-24-33(41)31(39)22-17-16-19-28(36)18-13-12-14-20-29(37)25-27-26-35(2,43)44-34(27)42/h26,28-33,36-41,43H,3-25H2,1-2H3/t28?,29-,30?,31?,32?,33?,35?/m1/s1. The van der Waals surface area contributed by atoms with Crippen LogP contribution < -0.4 is 0 Å². The molecule has 1 aliphatic heterocycles. The van der Waals surface area contributed by atoms with Crippen LogP contribution in [0.3, 0.4) is 0 Å². The van der Waals surface area contributed by atoms with Gasteiger partial charge in [0.15, 0.2) is 0 Å². The molecule has 6 unspecified atom stereocenters. The molecule has 0 aromatic heterocycles. The lowest BCUT2D eigenvalue weighted by molar-refractivity contribution is -0.173. The van der Waals surface area contributed by atoms with Crippen LogP contribution in [0.4, 0.5) is 0 Å². The highest BCUT2D eigenvalue weighted by atomic mass is 16.7. The Morgan fingerprint density at radius 2 is 0.932 bits per heavy atom. The van der Waals surface area contributed by atoms with Gasteiger partial charge in [0.2, 0.25) is 5.79 Å². The molecule has 0 amide bonds. The Hall–Kier alpha value is -1.07. The molecular formula is C35H66O9. The van der Waals surface area contributed by atoms with Gasteiger partial charge in [-0.1, -0.05) is 103 Å². The monoisotopic (exact) mass is 630 g/mol. The van der Waals surface area contributed by atoms with Gasteiger partial charge in [-0.2, -0.15) is 0 Å². The summed E-state index contributed by atoms with van der Waals surface area (Å²) in [5, 5.41) is 71.3. The Labute approximate surface area is 266 Å². The molecule has 9 nitrogen and oxygen atoms in total. The fraction of sp³-hybridized carbons (Fsp3) is 0.914. The van der Waals surface area contributed by atoms with Gasteiger partial charge in [0.1, 0.15) is 0 Å². The largest absolute Gasteiger partial charge is 0.426 e. The van der Waals surface area contributed by atoms with Gasteiger partial charge in [-0.3, -0.25) is 0 Å². The highest BCUT2D eigenvalue weighted by molar-refractivity contribution is 5.91. The Kier molecular flexibility index (Phi) is 22.5. The number of carbonyl (C=O) groups is 1. The SMILES string of the molecule is CCCCCCCCCCCCC(O)C(O)CCC(O)C(O)CCCCC(O)CCCCC[C@@H](O)CC1=CC(C)(O)OC1=O. The third-order valence-corrected chi connectivity index (χ3v) is 8.82. The van der Waals surface area contributed by atoms with E-state index in [4.69, 9.17) is 4.74 Å². The van der Waals surface area contributed by atoms with Crippen molar-refractivity contribution in [3.8, 4) is 0 Å². The third kappa shape index (κ3) is 20.1. The first-order valence-electron chi connectivity index (χ1n) is 17.7. The smallest absolute Gasteiger partial charge is 0.336 e. The van der Waals surface area contributed by atoms with E-state index in [1.807, 2.05) is 0 Å². The molecule has 0 bridgehead atoms. The summed E-state index contributed by atoms with van der Waals surface area (Å²) >= 11 is 0. The van der Waals surface area contributed by atoms with Crippen LogP contribution in [0.15, 0.2) is 11.6 Å². The van der Waals surface area contributed by atoms with Crippen molar-refractivity contribution >= 4 is 5.97 Å². The number of hydrogen-bond donors (Lipinski definition) is 7. The van der Waals surface area contributed by atoms with E-state index in [9.17, 15) is 40.5 Å². The van der Waals surface area contributed by atoms with E-state index in [1.54, 1.807) is 0 Å². The van der Waals surface area contributed by atoms with Crippen molar-refractivity contribution in [1.82, 2.24) is 0 Å². The summed E-state index contributed by atoms with van der Waals surface area (Å²) in [6.07, 6.45) is 16.1. The van der Waals surface area contributed by atoms with Crippen molar-refractivity contribution in [2.24, 2.45) is 0 Å². The second kappa shape index (κ2) is 24.2. The second-order valence-electron chi connectivity index (χ2n) is 13.4. The van der Waals surface area contributed by atoms with E-state index in [2.05, 4.69) is 6.92 Å². The molecule has 9 heteroatoms. The summed E-state index contributed by atoms with van der Waals surface area (Å²) < 4.78 is 4.79. The molecule has 0 fully saturated rings. The van der Waals surface area contributed by atoms with Gasteiger partial charge in [0, 0.05) is 18.9 Å². The maximum absolute atomic E-state index is 11.7. The predicted octanol–water partition coefficient (Wildman–Crippen LogP) is 5.34. The maximum atomic E-state index is 11.7. The Balaban J connectivity index is 2.01. The Bertz CT molecular complexity index is 756. The van der Waals surface area contributed by atoms with Crippen LogP contribution in [0.25, 0.3) is 0 Å². The van der Waals surface area contributed by atoms with Crippen molar-refractivity contribution in [2.45, 2.75) is 204 Å². The minimum absolute atomic E-state index is 0.153. The fourth-order valence-corrected chi connectivity index (χ4v) is 5.93. The van der Waals surface area contributed by atoms with Gasteiger partial charge in [-0.05, 0) is 51.0 Å². The number of ether oxygens (including phenoxy) is 1. The van der Waals surface area contributed by atoms with Crippen LogP contribution >= 0.6 is 0 Å². The van der Waals surface area contributed by atoms with Crippen LogP contribution in [0.2, 0.25) is 0 Å². The molecule has 0 saturated carbocycles. The maximum Gasteiger partial charge on any atom is 0.336 e. The van der Waals surface area contributed by atoms with E-state index in [0.717, 1.165) is 44.9 Å². The number of unbranched alkanes of at least 4 members (excludes halogenated alkanes) is 12. The van der Waals surface area contributed by atoms with Crippen LogP contribution in [0, 0.1) is 0 Å². The molecule has 1 rings (SSSR count). The highest BCUT2D eigenvalue weighted by Crippen LogP contribution is 2.26. The molecule has 0 aliphatic carbocycles. The molecule has 7 N–H and O–H groups in total. The van der Waals surface area contributed by atoms with Gasteiger partial charge in [-0.15, -0.1) is 0 Å². The minimum Gasteiger partial charge on any atom is -0.426 e. The Morgan fingerprint density at radius 1 is 0.568 bits per heavy atom. The number of aliphatic hydroxyl groups is 7. The van der Waals surface area contributed by atoms with Crippen LogP contribution in [0.5, 0.6) is 0 Å². The number of carbonyl (C=O) groups excluding carboxylic acids is 1. The molecule has 7 atom stereocenters. The Morgan fingerprint density at radius 3 is 1.41 bits per heavy atom. The van der Waals surface area contributed by atoms with Gasteiger partial charge < -0.3 is 40.5 Å². The van der Waals surface area contributed by atoms with Gasteiger partial charge in [-0.25, -0.2) is 4.79 Å². The van der Waals surface area contributed by atoms with Crippen LogP contribution in [0.1, 0.15) is 162 Å². The number of hydrogen-bond acceptors (Lipinski definition) is 9. The summed E-state index contributed by atoms with van der Waals surface area (Å²) in [6.45, 7) is 3.61. The van der Waals surface area contributed by atoms with E-state index in [1.165, 1.54) is 57.9 Å². The number of aliphatic hydroxyl groups excluding tert-OH is 6. The second-order valence-corrected chi connectivity index (χ2v) is 13.4. The minimum atomic E-state index is -1.60. The molecule has 0 radical (unpaired) electrons. The molecular weight excluding hydrogens is 564 g/mol. The molecule has 0 aromatic carbocycles. The molecule has 0 aromatic rings. The van der Waals surface area contributed by atoms with Gasteiger partial charge in [0.25, 0.3) is 0 Å². The summed E-state index contributed by atoms with van der Waals surface area (Å²) in [6, 6.07) is 0. The average molecular weight is 631 g/mol. The van der Waals surface area contributed by atoms with E-state index in [0.29, 0.717) is 44.1 Å². The molecule has 0 spiro atoms. The normalized spacial score (nSPS) is 21.0. The van der Waals surface area contributed by atoms with E-state index in [-0.39, 0.29) is 19.3 Å². The molecule has 0 saturated heterocycles. The van der Waals surface area contributed by atoms with Crippen LogP contribution in [-0.2, 0) is 9.53 Å². The van der Waals surface area contributed by atoms with Crippen molar-refractivity contribution in [2.75, 3.05) is 0 Å². The summed E-state index contributed by atoms with van der Waals surface area (Å²) in [5.74, 6) is -2.19. The average Bonchev–Trinajstić information content (AvgIpc) is 3.24. The van der Waals surface area contributed by atoms with Crippen molar-refractivity contribution in [3.05, 3.63) is 11.6 Å². The zero-order chi connectivity index (χ0) is 32.8.